The maximum absolute atomic E-state index is 12.4. The van der Waals surface area contributed by atoms with E-state index in [1.807, 2.05) is 24.8 Å². The van der Waals surface area contributed by atoms with Gasteiger partial charge >= 0.3 is 0 Å². The van der Waals surface area contributed by atoms with Gasteiger partial charge in [-0.3, -0.25) is 9.69 Å². The van der Waals surface area contributed by atoms with Crippen LogP contribution in [0.25, 0.3) is 0 Å². The zero-order valence-corrected chi connectivity index (χ0v) is 13.8. The quantitative estimate of drug-likeness (QED) is 0.754. The smallest absolute Gasteiger partial charge is 0.237 e. The Morgan fingerprint density at radius 3 is 2.36 bits per heavy atom. The Bertz CT molecular complexity index is 492. The highest BCUT2D eigenvalue weighted by molar-refractivity contribution is 5.78. The van der Waals surface area contributed by atoms with Gasteiger partial charge in [-0.1, -0.05) is 30.4 Å². The van der Waals surface area contributed by atoms with Gasteiger partial charge in [0.05, 0.1) is 6.54 Å². The lowest BCUT2D eigenvalue weighted by molar-refractivity contribution is -0.131. The number of para-hydroxylation sites is 1. The zero-order chi connectivity index (χ0) is 15.9. The minimum absolute atomic E-state index is 0.207. The summed E-state index contributed by atoms with van der Waals surface area (Å²) >= 11 is 0. The minimum Gasteiger partial charge on any atom is -0.369 e. The number of hydrogen-bond donors (Lipinski definition) is 0. The molecular formula is C18H27N3O. The summed E-state index contributed by atoms with van der Waals surface area (Å²) in [5.41, 5.74) is 2.30. The van der Waals surface area contributed by atoms with E-state index < -0.39 is 0 Å². The lowest BCUT2D eigenvalue weighted by atomic mass is 10.2. The standard InChI is InChI=1S/C18H27N3O/c1-4-20(14-16(2)3)18(22)15-19-10-12-21(13-11-19)17-8-6-5-7-9-17/h5-9H,2,4,10-15H2,1,3H3. The van der Waals surface area contributed by atoms with Crippen LogP contribution in [0.1, 0.15) is 13.8 Å². The summed E-state index contributed by atoms with van der Waals surface area (Å²) in [5.74, 6) is 0.207. The summed E-state index contributed by atoms with van der Waals surface area (Å²) in [7, 11) is 0. The van der Waals surface area contributed by atoms with Crippen molar-refractivity contribution in [2.45, 2.75) is 13.8 Å². The predicted molar refractivity (Wildman–Crippen MR) is 92.2 cm³/mol. The molecule has 1 fully saturated rings. The van der Waals surface area contributed by atoms with Crippen LogP contribution in [0.5, 0.6) is 0 Å². The number of piperazine rings is 1. The number of amides is 1. The summed E-state index contributed by atoms with van der Waals surface area (Å²) in [6.45, 7) is 13.6. The second-order valence-electron chi connectivity index (χ2n) is 5.96. The van der Waals surface area contributed by atoms with E-state index in [0.29, 0.717) is 13.1 Å². The van der Waals surface area contributed by atoms with Crippen molar-refractivity contribution in [2.75, 3.05) is 50.7 Å². The van der Waals surface area contributed by atoms with E-state index in [1.54, 1.807) is 0 Å². The van der Waals surface area contributed by atoms with Gasteiger partial charge in [-0.05, 0) is 26.0 Å². The normalized spacial score (nSPS) is 15.6. The zero-order valence-electron chi connectivity index (χ0n) is 13.8. The molecule has 0 spiro atoms. The van der Waals surface area contributed by atoms with E-state index in [0.717, 1.165) is 38.3 Å². The molecule has 1 aromatic carbocycles. The van der Waals surface area contributed by atoms with Crippen LogP contribution in [0.2, 0.25) is 0 Å². The summed E-state index contributed by atoms with van der Waals surface area (Å²) in [6.07, 6.45) is 0. The number of hydrogen-bond acceptors (Lipinski definition) is 3. The van der Waals surface area contributed by atoms with Crippen LogP contribution in [-0.4, -0.2) is 61.5 Å². The van der Waals surface area contributed by atoms with Crippen LogP contribution in [0.15, 0.2) is 42.5 Å². The Labute approximate surface area is 134 Å². The average molecular weight is 301 g/mol. The number of nitrogens with zero attached hydrogens (tertiary/aromatic N) is 3. The van der Waals surface area contributed by atoms with Crippen LogP contribution in [-0.2, 0) is 4.79 Å². The van der Waals surface area contributed by atoms with E-state index in [-0.39, 0.29) is 5.91 Å². The molecule has 4 heteroatoms. The molecule has 0 unspecified atom stereocenters. The predicted octanol–water partition coefficient (Wildman–Crippen LogP) is 2.23. The van der Waals surface area contributed by atoms with Crippen molar-refractivity contribution in [1.29, 1.82) is 0 Å². The van der Waals surface area contributed by atoms with Gasteiger partial charge in [-0.2, -0.15) is 0 Å². The minimum atomic E-state index is 0.207. The fourth-order valence-corrected chi connectivity index (χ4v) is 2.80. The van der Waals surface area contributed by atoms with Crippen LogP contribution in [0, 0.1) is 0 Å². The topological polar surface area (TPSA) is 26.8 Å². The van der Waals surface area contributed by atoms with Crippen molar-refractivity contribution in [3.8, 4) is 0 Å². The van der Waals surface area contributed by atoms with E-state index in [9.17, 15) is 4.79 Å². The van der Waals surface area contributed by atoms with Crippen LogP contribution in [0.4, 0.5) is 5.69 Å². The SMILES string of the molecule is C=C(C)CN(CC)C(=O)CN1CCN(c2ccccc2)CC1. The van der Waals surface area contributed by atoms with Crippen molar-refractivity contribution in [3.05, 3.63) is 42.5 Å². The Balaban J connectivity index is 1.82. The van der Waals surface area contributed by atoms with Gasteiger partial charge in [-0.15, -0.1) is 0 Å². The van der Waals surface area contributed by atoms with Gasteiger partial charge in [0.25, 0.3) is 0 Å². The summed E-state index contributed by atoms with van der Waals surface area (Å²) < 4.78 is 0. The first-order valence-electron chi connectivity index (χ1n) is 8.04. The molecule has 1 aromatic rings. The molecule has 0 radical (unpaired) electrons. The van der Waals surface area contributed by atoms with Crippen LogP contribution in [0.3, 0.4) is 0 Å². The second-order valence-corrected chi connectivity index (χ2v) is 5.96. The number of benzene rings is 1. The Hall–Kier alpha value is -1.81. The Morgan fingerprint density at radius 2 is 1.82 bits per heavy atom. The first kappa shape index (κ1) is 16.6. The molecule has 0 aliphatic carbocycles. The number of likely N-dealkylation sites (N-methyl/N-ethyl adjacent to an activating group) is 1. The van der Waals surface area contributed by atoms with Crippen molar-refractivity contribution in [2.24, 2.45) is 0 Å². The molecular weight excluding hydrogens is 274 g/mol. The number of anilines is 1. The number of rotatable bonds is 6. The molecule has 120 valence electrons. The molecule has 1 heterocycles. The molecule has 4 nitrogen and oxygen atoms in total. The molecule has 0 N–H and O–H groups in total. The first-order chi connectivity index (χ1) is 10.6. The van der Waals surface area contributed by atoms with Crippen molar-refractivity contribution in [3.63, 3.8) is 0 Å². The van der Waals surface area contributed by atoms with Crippen LogP contribution >= 0.6 is 0 Å². The number of carbonyl (C=O) groups is 1. The second kappa shape index (κ2) is 7.99. The third-order valence-electron chi connectivity index (χ3n) is 4.05. The van der Waals surface area contributed by atoms with Gasteiger partial charge in [0.15, 0.2) is 0 Å². The van der Waals surface area contributed by atoms with Crippen molar-refractivity contribution in [1.82, 2.24) is 9.80 Å². The Morgan fingerprint density at radius 1 is 1.18 bits per heavy atom. The highest BCUT2D eigenvalue weighted by Gasteiger charge is 2.21. The first-order valence-corrected chi connectivity index (χ1v) is 8.04. The Kier molecular flexibility index (Phi) is 6.01. The number of carbonyl (C=O) groups excluding carboxylic acids is 1. The van der Waals surface area contributed by atoms with E-state index in [1.165, 1.54) is 5.69 Å². The monoisotopic (exact) mass is 301 g/mol. The van der Waals surface area contributed by atoms with Crippen LogP contribution < -0.4 is 4.90 Å². The molecule has 0 bridgehead atoms. The summed E-state index contributed by atoms with van der Waals surface area (Å²) in [4.78, 5) is 18.9. The maximum atomic E-state index is 12.4. The third kappa shape index (κ3) is 4.60. The van der Waals surface area contributed by atoms with E-state index in [4.69, 9.17) is 0 Å². The molecule has 0 aromatic heterocycles. The fourth-order valence-electron chi connectivity index (χ4n) is 2.80. The molecule has 2 rings (SSSR count). The summed E-state index contributed by atoms with van der Waals surface area (Å²) in [5, 5.41) is 0. The molecule has 22 heavy (non-hydrogen) atoms. The largest absolute Gasteiger partial charge is 0.369 e. The van der Waals surface area contributed by atoms with Gasteiger partial charge in [0.2, 0.25) is 5.91 Å². The van der Waals surface area contributed by atoms with Crippen molar-refractivity contribution >= 4 is 11.6 Å². The third-order valence-corrected chi connectivity index (χ3v) is 4.05. The molecule has 1 aliphatic heterocycles. The maximum Gasteiger partial charge on any atom is 0.237 e. The lowest BCUT2D eigenvalue weighted by Crippen LogP contribution is -2.50. The highest BCUT2D eigenvalue weighted by Crippen LogP contribution is 2.15. The van der Waals surface area contributed by atoms with Gasteiger partial charge in [-0.25, -0.2) is 0 Å². The molecule has 0 saturated carbocycles. The van der Waals surface area contributed by atoms with E-state index in [2.05, 4.69) is 40.6 Å². The van der Waals surface area contributed by atoms with Gasteiger partial charge < -0.3 is 9.80 Å². The van der Waals surface area contributed by atoms with Gasteiger partial charge in [0.1, 0.15) is 0 Å². The molecule has 0 atom stereocenters. The highest BCUT2D eigenvalue weighted by atomic mass is 16.2. The average Bonchev–Trinajstić information content (AvgIpc) is 2.54. The molecule has 1 aliphatic rings. The lowest BCUT2D eigenvalue weighted by Gasteiger charge is -2.36. The fraction of sp³-hybridized carbons (Fsp3) is 0.500. The van der Waals surface area contributed by atoms with Gasteiger partial charge in [0, 0.05) is 45.0 Å². The van der Waals surface area contributed by atoms with E-state index >= 15 is 0 Å². The molecule has 1 amide bonds. The molecule has 1 saturated heterocycles. The van der Waals surface area contributed by atoms with Crippen molar-refractivity contribution < 1.29 is 4.79 Å². The summed E-state index contributed by atoms with van der Waals surface area (Å²) in [6, 6.07) is 10.5.